The predicted octanol–water partition coefficient (Wildman–Crippen LogP) is 2.99. The first-order chi connectivity index (χ1) is 5.33. The molecule has 0 heterocycles. The minimum Gasteiger partial charge on any atom is -0.402 e. The van der Waals surface area contributed by atoms with Crippen LogP contribution in [0.2, 0.25) is 0 Å². The highest BCUT2D eigenvalue weighted by Gasteiger charge is 1.99. The molecule has 0 aromatic heterocycles. The lowest BCUT2D eigenvalue weighted by atomic mass is 10.0. The maximum atomic E-state index is 5.57. The van der Waals surface area contributed by atoms with Crippen LogP contribution in [0.25, 0.3) is 0 Å². The van der Waals surface area contributed by atoms with E-state index in [4.69, 9.17) is 5.73 Å². The average molecular weight is 153 g/mol. The summed E-state index contributed by atoms with van der Waals surface area (Å²) in [5.41, 5.74) is 8.11. The summed E-state index contributed by atoms with van der Waals surface area (Å²) in [5.74, 6) is 0. The Balaban J connectivity index is 0.000000461. The number of hydrogen-bond acceptors (Lipinski definition) is 1. The van der Waals surface area contributed by atoms with Crippen molar-refractivity contribution in [2.24, 2.45) is 5.73 Å². The Hall–Kier alpha value is -0.720. The third-order valence-electron chi connectivity index (χ3n) is 1.72. The van der Waals surface area contributed by atoms with E-state index in [1.165, 1.54) is 18.4 Å². The number of nitrogens with two attached hydrogens (primary N) is 1. The van der Waals surface area contributed by atoms with Gasteiger partial charge in [0.05, 0.1) is 0 Å². The fourth-order valence-corrected chi connectivity index (χ4v) is 0.991. The van der Waals surface area contributed by atoms with Crippen LogP contribution in [0.1, 0.15) is 40.0 Å². The van der Waals surface area contributed by atoms with Gasteiger partial charge in [0.15, 0.2) is 0 Å². The third kappa shape index (κ3) is 3.87. The average Bonchev–Trinajstić information content (AvgIpc) is 2.10. The summed E-state index contributed by atoms with van der Waals surface area (Å²) in [6.45, 7) is 6.18. The zero-order chi connectivity index (χ0) is 8.69. The van der Waals surface area contributed by atoms with Crippen LogP contribution in [0.3, 0.4) is 0 Å². The summed E-state index contributed by atoms with van der Waals surface area (Å²) in [6.07, 6.45) is 7.55. The van der Waals surface area contributed by atoms with Crippen LogP contribution in [-0.2, 0) is 0 Å². The fourth-order valence-electron chi connectivity index (χ4n) is 0.991. The second-order valence-corrected chi connectivity index (χ2v) is 2.42. The highest BCUT2D eigenvalue weighted by Crippen LogP contribution is 2.16. The molecule has 1 aliphatic rings. The third-order valence-corrected chi connectivity index (χ3v) is 1.72. The zero-order valence-corrected chi connectivity index (χ0v) is 7.85. The Bertz CT molecular complexity index is 154. The van der Waals surface area contributed by atoms with Gasteiger partial charge < -0.3 is 5.73 Å². The largest absolute Gasteiger partial charge is 0.402 e. The van der Waals surface area contributed by atoms with Crippen molar-refractivity contribution in [2.75, 3.05) is 0 Å². The molecule has 1 aliphatic carbocycles. The maximum Gasteiger partial charge on any atom is 0.00836 e. The second kappa shape index (κ2) is 6.02. The van der Waals surface area contributed by atoms with Crippen molar-refractivity contribution >= 4 is 0 Å². The van der Waals surface area contributed by atoms with E-state index in [2.05, 4.69) is 13.0 Å². The molecular formula is C10H19N. The first-order valence-corrected chi connectivity index (χ1v) is 4.47. The van der Waals surface area contributed by atoms with Gasteiger partial charge in [-0.2, -0.15) is 0 Å². The van der Waals surface area contributed by atoms with Crippen LogP contribution < -0.4 is 5.73 Å². The molecule has 0 bridgehead atoms. The summed E-state index contributed by atoms with van der Waals surface area (Å²) < 4.78 is 0. The van der Waals surface area contributed by atoms with Crippen LogP contribution in [0.15, 0.2) is 23.4 Å². The highest BCUT2D eigenvalue weighted by atomic mass is 14.6. The molecule has 0 amide bonds. The molecule has 0 spiro atoms. The molecule has 1 rings (SSSR count). The van der Waals surface area contributed by atoms with E-state index in [1.807, 2.05) is 19.9 Å². The van der Waals surface area contributed by atoms with E-state index in [0.717, 1.165) is 12.1 Å². The lowest BCUT2D eigenvalue weighted by Gasteiger charge is -2.08. The van der Waals surface area contributed by atoms with E-state index in [-0.39, 0.29) is 0 Å². The van der Waals surface area contributed by atoms with Crippen LogP contribution >= 0.6 is 0 Å². The van der Waals surface area contributed by atoms with Crippen molar-refractivity contribution < 1.29 is 0 Å². The summed E-state index contributed by atoms with van der Waals surface area (Å²) in [4.78, 5) is 0. The van der Waals surface area contributed by atoms with Gasteiger partial charge in [0, 0.05) is 5.70 Å². The van der Waals surface area contributed by atoms with E-state index in [9.17, 15) is 0 Å². The molecule has 0 saturated heterocycles. The molecule has 0 aliphatic heterocycles. The lowest BCUT2D eigenvalue weighted by molar-refractivity contribution is 0.848. The first kappa shape index (κ1) is 10.3. The molecule has 0 saturated carbocycles. The number of allylic oxidation sites excluding steroid dienone is 4. The Morgan fingerprint density at radius 2 is 1.91 bits per heavy atom. The second-order valence-electron chi connectivity index (χ2n) is 2.42. The Kier molecular flexibility index (Phi) is 5.63. The normalized spacial score (nSPS) is 15.9. The number of hydrogen-bond donors (Lipinski definition) is 1. The number of rotatable bonds is 1. The molecule has 0 unspecified atom stereocenters. The molecule has 0 aromatic rings. The minimum atomic E-state index is 1.02. The van der Waals surface area contributed by atoms with Gasteiger partial charge >= 0.3 is 0 Å². The van der Waals surface area contributed by atoms with E-state index in [0.29, 0.717) is 0 Å². The van der Waals surface area contributed by atoms with Gasteiger partial charge in [-0.1, -0.05) is 32.4 Å². The summed E-state index contributed by atoms with van der Waals surface area (Å²) in [7, 11) is 0. The Morgan fingerprint density at radius 3 is 2.27 bits per heavy atom. The van der Waals surface area contributed by atoms with E-state index in [1.54, 1.807) is 0 Å². The zero-order valence-electron chi connectivity index (χ0n) is 7.85. The maximum absolute atomic E-state index is 5.57. The van der Waals surface area contributed by atoms with Gasteiger partial charge in [-0.3, -0.25) is 0 Å². The minimum absolute atomic E-state index is 1.02. The van der Waals surface area contributed by atoms with Crippen LogP contribution in [0.4, 0.5) is 0 Å². The van der Waals surface area contributed by atoms with Gasteiger partial charge in [0.25, 0.3) is 0 Å². The van der Waals surface area contributed by atoms with Crippen molar-refractivity contribution in [1.29, 1.82) is 0 Å². The van der Waals surface area contributed by atoms with Crippen LogP contribution in [-0.4, -0.2) is 0 Å². The molecule has 11 heavy (non-hydrogen) atoms. The van der Waals surface area contributed by atoms with E-state index < -0.39 is 0 Å². The monoisotopic (exact) mass is 153 g/mol. The smallest absolute Gasteiger partial charge is 0.00836 e. The molecule has 1 heteroatoms. The lowest BCUT2D eigenvalue weighted by Crippen LogP contribution is -2.00. The molecule has 64 valence electrons. The van der Waals surface area contributed by atoms with E-state index >= 15 is 0 Å². The van der Waals surface area contributed by atoms with Crippen molar-refractivity contribution in [2.45, 2.75) is 40.0 Å². The van der Waals surface area contributed by atoms with Gasteiger partial charge in [-0.25, -0.2) is 0 Å². The molecule has 0 radical (unpaired) electrons. The molecule has 1 nitrogen and oxygen atoms in total. The van der Waals surface area contributed by atoms with Gasteiger partial charge in [-0.15, -0.1) is 0 Å². The Labute approximate surface area is 70.0 Å². The van der Waals surface area contributed by atoms with Gasteiger partial charge in [0.2, 0.25) is 0 Å². The molecule has 0 atom stereocenters. The van der Waals surface area contributed by atoms with Crippen LogP contribution in [0.5, 0.6) is 0 Å². The van der Waals surface area contributed by atoms with Crippen molar-refractivity contribution in [1.82, 2.24) is 0 Å². The molecule has 0 fully saturated rings. The SMILES string of the molecule is CC.CCC1=CC=C(N)CC1. The van der Waals surface area contributed by atoms with Crippen molar-refractivity contribution in [3.8, 4) is 0 Å². The molecule has 0 aromatic carbocycles. The van der Waals surface area contributed by atoms with Crippen molar-refractivity contribution in [3.05, 3.63) is 23.4 Å². The molecular weight excluding hydrogens is 134 g/mol. The standard InChI is InChI=1S/C8H13N.C2H6/c1-2-7-3-5-8(9)6-4-7;1-2/h3,5H,2,4,6,9H2,1H3;1-2H3. The first-order valence-electron chi connectivity index (χ1n) is 4.47. The Morgan fingerprint density at radius 1 is 1.27 bits per heavy atom. The summed E-state index contributed by atoms with van der Waals surface area (Å²) in [6, 6.07) is 0. The van der Waals surface area contributed by atoms with Gasteiger partial charge in [0.1, 0.15) is 0 Å². The van der Waals surface area contributed by atoms with Gasteiger partial charge in [-0.05, 0) is 25.3 Å². The topological polar surface area (TPSA) is 26.0 Å². The van der Waals surface area contributed by atoms with Crippen molar-refractivity contribution in [3.63, 3.8) is 0 Å². The quantitative estimate of drug-likeness (QED) is 0.615. The summed E-state index contributed by atoms with van der Waals surface area (Å²) in [5, 5.41) is 0. The highest BCUT2D eigenvalue weighted by molar-refractivity contribution is 5.21. The predicted molar refractivity (Wildman–Crippen MR) is 51.2 cm³/mol. The summed E-state index contributed by atoms with van der Waals surface area (Å²) >= 11 is 0. The van der Waals surface area contributed by atoms with Crippen LogP contribution in [0, 0.1) is 0 Å². The molecule has 2 N–H and O–H groups in total. The fraction of sp³-hybridized carbons (Fsp3) is 0.600.